The number of fused-ring (bicyclic) bond motifs is 1. The van der Waals surface area contributed by atoms with Crippen LogP contribution < -0.4 is 0 Å². The van der Waals surface area contributed by atoms with Gasteiger partial charge in [-0.25, -0.2) is 0 Å². The molecule has 0 aromatic rings. The van der Waals surface area contributed by atoms with E-state index in [1.54, 1.807) is 15.9 Å². The Kier molecular flexibility index (Phi) is 9.43. The predicted octanol–water partition coefficient (Wildman–Crippen LogP) is 4.12. The van der Waals surface area contributed by atoms with Gasteiger partial charge in [-0.05, 0) is 71.6 Å². The molecule has 8 nitrogen and oxygen atoms in total. The zero-order chi connectivity index (χ0) is 29.3. The first-order valence-electron chi connectivity index (χ1n) is 14.5. The molecule has 1 N–H and O–H groups in total. The zero-order valence-corrected chi connectivity index (χ0v) is 25.1. The summed E-state index contributed by atoms with van der Waals surface area (Å²) in [5.74, 6) is -2.55. The van der Waals surface area contributed by atoms with Gasteiger partial charge >= 0.3 is 5.97 Å². The van der Waals surface area contributed by atoms with Crippen molar-refractivity contribution >= 4 is 17.8 Å². The van der Waals surface area contributed by atoms with E-state index in [4.69, 9.17) is 9.47 Å². The van der Waals surface area contributed by atoms with Gasteiger partial charge in [-0.1, -0.05) is 32.9 Å². The van der Waals surface area contributed by atoms with Gasteiger partial charge in [0, 0.05) is 12.1 Å². The first-order valence-corrected chi connectivity index (χ1v) is 14.5. The number of ether oxygens (including phenoxy) is 2. The number of esters is 1. The number of amides is 2. The highest BCUT2D eigenvalue weighted by Crippen LogP contribution is 2.66. The summed E-state index contributed by atoms with van der Waals surface area (Å²) in [5.41, 5.74) is -2.65. The first-order chi connectivity index (χ1) is 18.2. The lowest BCUT2D eigenvalue weighted by Gasteiger charge is -2.43. The molecule has 0 aliphatic carbocycles. The van der Waals surface area contributed by atoms with E-state index >= 15 is 0 Å². The summed E-state index contributed by atoms with van der Waals surface area (Å²) in [5, 5.41) is 10.5. The highest BCUT2D eigenvalue weighted by molar-refractivity contribution is 5.99. The molecule has 3 fully saturated rings. The molecule has 1 spiro atoms. The number of carbonyl (C=O) groups excluding carboxylic acids is 3. The molecule has 0 aromatic carbocycles. The maximum atomic E-state index is 14.5. The van der Waals surface area contributed by atoms with Crippen LogP contribution >= 0.6 is 0 Å². The van der Waals surface area contributed by atoms with Gasteiger partial charge in [-0.15, -0.1) is 13.2 Å². The summed E-state index contributed by atoms with van der Waals surface area (Å²) in [6.07, 6.45) is 6.93. The SMILES string of the molecule is C=CCCCCOC(=O)[C@@H]1[C@H]2C(=O)N([C@@H](CO)CC(C)C)C(C(=O)N(CC=C)C(C)(C)C)C23CC(C)[C@@]1(C)O3. The molecule has 3 unspecified atom stereocenters. The van der Waals surface area contributed by atoms with E-state index in [2.05, 4.69) is 13.2 Å². The van der Waals surface area contributed by atoms with Crippen LogP contribution in [-0.2, 0) is 23.9 Å². The second-order valence-electron chi connectivity index (χ2n) is 13.3. The van der Waals surface area contributed by atoms with E-state index in [1.807, 2.05) is 54.5 Å². The Bertz CT molecular complexity index is 957. The molecule has 0 aromatic heterocycles. The Hall–Kier alpha value is -2.19. The normalized spacial score (nSPS) is 32.3. The van der Waals surface area contributed by atoms with E-state index in [1.165, 1.54) is 0 Å². The second kappa shape index (κ2) is 11.7. The number of allylic oxidation sites excluding steroid dienone is 1. The summed E-state index contributed by atoms with van der Waals surface area (Å²) in [4.78, 5) is 45.9. The molecule has 0 radical (unpaired) electrons. The predicted molar refractivity (Wildman–Crippen MR) is 151 cm³/mol. The minimum atomic E-state index is -1.18. The quantitative estimate of drug-likeness (QED) is 0.212. The van der Waals surface area contributed by atoms with Crippen molar-refractivity contribution in [1.82, 2.24) is 9.80 Å². The van der Waals surface area contributed by atoms with Crippen LogP contribution in [0.25, 0.3) is 0 Å². The van der Waals surface area contributed by atoms with Gasteiger partial charge in [-0.3, -0.25) is 14.4 Å². The third kappa shape index (κ3) is 5.43. The van der Waals surface area contributed by atoms with Gasteiger partial charge in [0.15, 0.2) is 0 Å². The fourth-order valence-electron chi connectivity index (χ4n) is 7.15. The molecular weight excluding hydrogens is 496 g/mol. The van der Waals surface area contributed by atoms with Crippen molar-refractivity contribution in [3.8, 4) is 0 Å². The number of rotatable bonds is 13. The lowest BCUT2D eigenvalue weighted by molar-refractivity contribution is -0.165. The Labute approximate surface area is 234 Å². The van der Waals surface area contributed by atoms with Crippen LogP contribution in [0.4, 0.5) is 0 Å². The minimum absolute atomic E-state index is 0.0738. The summed E-state index contributed by atoms with van der Waals surface area (Å²) in [6.45, 7) is 21.7. The van der Waals surface area contributed by atoms with Gasteiger partial charge in [0.25, 0.3) is 0 Å². The van der Waals surface area contributed by atoms with E-state index in [0.717, 1.165) is 12.8 Å². The lowest BCUT2D eigenvalue weighted by Crippen LogP contribution is -2.61. The van der Waals surface area contributed by atoms with E-state index in [0.29, 0.717) is 25.8 Å². The Morgan fingerprint density at radius 3 is 2.46 bits per heavy atom. The van der Waals surface area contributed by atoms with Crippen molar-refractivity contribution in [2.45, 2.75) is 109 Å². The molecule has 3 heterocycles. The number of unbranched alkanes of at least 4 members (excludes halogenated alkanes) is 2. The van der Waals surface area contributed by atoms with Crippen LogP contribution in [0.3, 0.4) is 0 Å². The Morgan fingerprint density at radius 2 is 1.92 bits per heavy atom. The van der Waals surface area contributed by atoms with Gasteiger partial charge in [-0.2, -0.15) is 0 Å². The minimum Gasteiger partial charge on any atom is -0.465 e. The molecule has 3 aliphatic heterocycles. The molecule has 2 bridgehead atoms. The van der Waals surface area contributed by atoms with Crippen LogP contribution in [0.1, 0.15) is 80.6 Å². The third-order valence-electron chi connectivity index (χ3n) is 9.02. The van der Waals surface area contributed by atoms with Gasteiger partial charge in [0.1, 0.15) is 17.6 Å². The lowest BCUT2D eigenvalue weighted by atomic mass is 9.62. The fraction of sp³-hybridized carbons (Fsp3) is 0.774. The smallest absolute Gasteiger partial charge is 0.312 e. The summed E-state index contributed by atoms with van der Waals surface area (Å²) >= 11 is 0. The number of likely N-dealkylation sites (tertiary alicyclic amines) is 1. The molecule has 2 amide bonds. The Morgan fingerprint density at radius 1 is 1.26 bits per heavy atom. The largest absolute Gasteiger partial charge is 0.465 e. The van der Waals surface area contributed by atoms with Crippen LogP contribution in [0.15, 0.2) is 25.3 Å². The molecule has 39 heavy (non-hydrogen) atoms. The van der Waals surface area contributed by atoms with Gasteiger partial charge < -0.3 is 24.4 Å². The zero-order valence-electron chi connectivity index (χ0n) is 25.1. The topological polar surface area (TPSA) is 96.4 Å². The number of hydrogen-bond donors (Lipinski definition) is 1. The number of carbonyl (C=O) groups is 3. The molecule has 0 saturated carbocycles. The van der Waals surface area contributed by atoms with Crippen molar-refractivity contribution < 1.29 is 29.0 Å². The van der Waals surface area contributed by atoms with Crippen LogP contribution in [0.2, 0.25) is 0 Å². The molecule has 3 saturated heterocycles. The summed E-state index contributed by atoms with van der Waals surface area (Å²) in [6, 6.07) is -1.53. The van der Waals surface area contributed by atoms with E-state index in [9.17, 15) is 19.5 Å². The monoisotopic (exact) mass is 546 g/mol. The summed E-state index contributed by atoms with van der Waals surface area (Å²) in [7, 11) is 0. The van der Waals surface area contributed by atoms with Crippen molar-refractivity contribution in [2.75, 3.05) is 19.8 Å². The third-order valence-corrected chi connectivity index (χ3v) is 9.02. The highest BCUT2D eigenvalue weighted by Gasteiger charge is 2.81. The second-order valence-corrected chi connectivity index (χ2v) is 13.3. The maximum Gasteiger partial charge on any atom is 0.312 e. The van der Waals surface area contributed by atoms with Crippen LogP contribution in [-0.4, -0.2) is 81.3 Å². The number of hydrogen-bond acceptors (Lipinski definition) is 6. The van der Waals surface area contributed by atoms with Crippen molar-refractivity contribution in [3.05, 3.63) is 25.3 Å². The average molecular weight is 547 g/mol. The van der Waals surface area contributed by atoms with Crippen molar-refractivity contribution in [1.29, 1.82) is 0 Å². The average Bonchev–Trinajstić information content (AvgIpc) is 3.36. The molecule has 220 valence electrons. The van der Waals surface area contributed by atoms with E-state index in [-0.39, 0.29) is 36.9 Å². The first kappa shape index (κ1) is 31.3. The highest BCUT2D eigenvalue weighted by atomic mass is 16.6. The van der Waals surface area contributed by atoms with Crippen molar-refractivity contribution in [3.63, 3.8) is 0 Å². The van der Waals surface area contributed by atoms with Crippen molar-refractivity contribution in [2.24, 2.45) is 23.7 Å². The standard InChI is InChI=1S/C31H50N2O6/c1-10-12-13-14-16-38-28(37)24-23-26(35)33(22(19-34)17-20(3)4)25(27(36)32(15-11-2)29(6,7)8)31(23)18-21(5)30(24,9)39-31/h10-11,20-25,34H,1-2,12-19H2,3-9H3/t21?,22-,23+,24+,25?,30-,31?/m1/s1. The molecule has 3 aliphatic rings. The van der Waals surface area contributed by atoms with Crippen LogP contribution in [0, 0.1) is 23.7 Å². The molecule has 8 heteroatoms. The Balaban J connectivity index is 2.10. The molecule has 7 atom stereocenters. The van der Waals surface area contributed by atoms with Gasteiger partial charge in [0.05, 0.1) is 30.8 Å². The van der Waals surface area contributed by atoms with E-state index < -0.39 is 46.6 Å². The van der Waals surface area contributed by atoms with Crippen LogP contribution in [0.5, 0.6) is 0 Å². The summed E-state index contributed by atoms with van der Waals surface area (Å²) < 4.78 is 12.5. The maximum absolute atomic E-state index is 14.5. The van der Waals surface area contributed by atoms with Gasteiger partial charge in [0.2, 0.25) is 11.8 Å². The number of aliphatic hydroxyl groups excluding tert-OH is 1. The molecule has 3 rings (SSSR count). The number of nitrogens with zero attached hydrogens (tertiary/aromatic N) is 2. The molecular formula is C31H50N2O6. The number of aliphatic hydroxyl groups is 1. The fourth-order valence-corrected chi connectivity index (χ4v) is 7.15.